The predicted octanol–water partition coefficient (Wildman–Crippen LogP) is 7.69. The number of benzene rings is 3. The van der Waals surface area contributed by atoms with Crippen LogP contribution in [0, 0.1) is 0 Å². The summed E-state index contributed by atoms with van der Waals surface area (Å²) >= 11 is 4.70. The van der Waals surface area contributed by atoms with E-state index in [0.717, 1.165) is 22.0 Å². The quantitative estimate of drug-likeness (QED) is 0.104. The molecule has 0 aliphatic heterocycles. The molecule has 10 nitrogen and oxygen atoms in total. The predicted molar refractivity (Wildman–Crippen MR) is 202 cm³/mol. The van der Waals surface area contributed by atoms with Crippen LogP contribution in [0.3, 0.4) is 0 Å². The Hall–Kier alpha value is -4.29. The zero-order valence-electron chi connectivity index (χ0n) is 29.4. The van der Waals surface area contributed by atoms with Gasteiger partial charge in [-0.05, 0) is 116 Å². The molecule has 0 radical (unpaired) electrons. The molecule has 1 aromatic heterocycles. The number of nitrogens with zero attached hydrogens (tertiary/aromatic N) is 2. The molecule has 1 N–H and O–H groups in total. The second kappa shape index (κ2) is 19.8. The van der Waals surface area contributed by atoms with Gasteiger partial charge in [0.15, 0.2) is 27.8 Å². The number of ether oxygens (including phenoxy) is 5. The first-order valence-electron chi connectivity index (χ1n) is 17.1. The first-order valence-corrected chi connectivity index (χ1v) is 18.7. The molecular formula is C38H46BrN3O7S. The van der Waals surface area contributed by atoms with E-state index in [9.17, 15) is 9.59 Å². The van der Waals surface area contributed by atoms with E-state index in [4.69, 9.17) is 28.7 Å². The molecule has 0 atom stereocenters. The van der Waals surface area contributed by atoms with Crippen LogP contribution in [-0.2, 0) is 19.4 Å². The summed E-state index contributed by atoms with van der Waals surface area (Å²) in [5.41, 5.74) is 2.26. The van der Waals surface area contributed by atoms with Crippen molar-refractivity contribution in [2.45, 2.75) is 60.4 Å². The molecule has 0 fully saturated rings. The summed E-state index contributed by atoms with van der Waals surface area (Å²) in [4.78, 5) is 32.7. The van der Waals surface area contributed by atoms with Gasteiger partial charge in [-0.15, -0.1) is 0 Å². The van der Waals surface area contributed by atoms with Crippen LogP contribution in [0.1, 0.15) is 61.8 Å². The van der Waals surface area contributed by atoms with Gasteiger partial charge in [0, 0.05) is 24.8 Å². The highest BCUT2D eigenvalue weighted by Crippen LogP contribution is 2.31. The van der Waals surface area contributed by atoms with Gasteiger partial charge < -0.3 is 29.0 Å². The minimum absolute atomic E-state index is 0.256. The minimum Gasteiger partial charge on any atom is -0.492 e. The second-order valence-corrected chi connectivity index (χ2v) is 12.9. The molecule has 1 heterocycles. The van der Waals surface area contributed by atoms with Crippen molar-refractivity contribution in [1.82, 2.24) is 4.57 Å². The summed E-state index contributed by atoms with van der Waals surface area (Å²) in [6, 6.07) is 18.4. The van der Waals surface area contributed by atoms with Gasteiger partial charge in [-0.25, -0.2) is 0 Å². The van der Waals surface area contributed by atoms with E-state index in [0.29, 0.717) is 98.2 Å². The number of hydrogen-bond donors (Lipinski definition) is 1. The lowest BCUT2D eigenvalue weighted by atomic mass is 10.1. The fourth-order valence-corrected chi connectivity index (χ4v) is 6.47. The Labute approximate surface area is 306 Å². The van der Waals surface area contributed by atoms with Gasteiger partial charge in [0.05, 0.1) is 37.5 Å². The summed E-state index contributed by atoms with van der Waals surface area (Å²) in [6.07, 6.45) is 2.03. The Morgan fingerprint density at radius 1 is 0.740 bits per heavy atom. The van der Waals surface area contributed by atoms with Crippen LogP contribution in [0.5, 0.6) is 28.7 Å². The van der Waals surface area contributed by atoms with Crippen LogP contribution in [0.15, 0.2) is 74.9 Å². The molecule has 3 aromatic carbocycles. The van der Waals surface area contributed by atoms with Crippen molar-refractivity contribution in [3.05, 3.63) is 96.3 Å². The minimum atomic E-state index is -0.398. The second-order valence-electron chi connectivity index (χ2n) is 11.0. The van der Waals surface area contributed by atoms with E-state index >= 15 is 0 Å². The number of amides is 1. The van der Waals surface area contributed by atoms with Gasteiger partial charge in [-0.2, -0.15) is 0 Å². The third kappa shape index (κ3) is 10.9. The molecule has 4 rings (SSSR count). The van der Waals surface area contributed by atoms with Gasteiger partial charge in [0.2, 0.25) is 0 Å². The standard InChI is InChI=1S/C38H46BrN3O7S/c1-6-21-49-30-16-13-28(24-29(30)39)41-37(44)35-25-36(43)42(20-18-27-12-15-32(46-8-3)34(23-27)48-10-5)38(50-35)40-19-17-26-11-14-31(45-7-2)33(22-26)47-9-4/h11-16,22-25H,6-10,17-21H2,1-5H3,(H,41,44). The van der Waals surface area contributed by atoms with Gasteiger partial charge >= 0.3 is 0 Å². The lowest BCUT2D eigenvalue weighted by molar-refractivity contribution is 0.103. The largest absolute Gasteiger partial charge is 0.492 e. The Balaban J connectivity index is 1.63. The molecule has 0 saturated carbocycles. The molecule has 12 heteroatoms. The normalized spacial score (nSPS) is 11.3. The number of rotatable bonds is 19. The van der Waals surface area contributed by atoms with Crippen LogP contribution in [0.25, 0.3) is 0 Å². The molecule has 0 saturated heterocycles. The van der Waals surface area contributed by atoms with Crippen LogP contribution in [0.4, 0.5) is 5.69 Å². The molecule has 0 bridgehead atoms. The zero-order valence-corrected chi connectivity index (χ0v) is 31.8. The number of nitrogens with one attached hydrogen (secondary N) is 1. The van der Waals surface area contributed by atoms with Crippen molar-refractivity contribution in [1.29, 1.82) is 0 Å². The molecule has 0 spiro atoms. The lowest BCUT2D eigenvalue weighted by Crippen LogP contribution is -2.34. The fraction of sp³-hybridized carbons (Fsp3) is 0.395. The maximum absolute atomic E-state index is 13.6. The van der Waals surface area contributed by atoms with Crippen molar-refractivity contribution in [2.24, 2.45) is 4.99 Å². The summed E-state index contributed by atoms with van der Waals surface area (Å²) in [7, 11) is 0. The highest BCUT2D eigenvalue weighted by atomic mass is 79.9. The van der Waals surface area contributed by atoms with E-state index in [1.807, 2.05) is 71.0 Å². The molecule has 0 unspecified atom stereocenters. The Morgan fingerprint density at radius 2 is 1.32 bits per heavy atom. The summed E-state index contributed by atoms with van der Waals surface area (Å²) in [5, 5.41) is 2.91. The van der Waals surface area contributed by atoms with Gasteiger partial charge in [-0.3, -0.25) is 19.1 Å². The number of aromatic nitrogens is 1. The summed E-state index contributed by atoms with van der Waals surface area (Å²) in [5.74, 6) is 3.02. The maximum atomic E-state index is 13.6. The monoisotopic (exact) mass is 767 g/mol. The van der Waals surface area contributed by atoms with Crippen LogP contribution in [0.2, 0.25) is 0 Å². The summed E-state index contributed by atoms with van der Waals surface area (Å²) in [6.45, 7) is 13.2. The highest BCUT2D eigenvalue weighted by Gasteiger charge is 2.14. The number of hydrogen-bond acceptors (Lipinski definition) is 9. The van der Waals surface area contributed by atoms with Crippen molar-refractivity contribution in [3.63, 3.8) is 0 Å². The van der Waals surface area contributed by atoms with Crippen LogP contribution in [-0.4, -0.2) is 50.1 Å². The Kier molecular flexibility index (Phi) is 15.2. The van der Waals surface area contributed by atoms with E-state index in [1.54, 1.807) is 22.8 Å². The SMILES string of the molecule is CCCOc1ccc(NC(=O)c2cc(=O)n(CCc3ccc(OCC)c(OCC)c3)c(=NCCc3ccc(OCC)c(OCC)c3)s2)cc1Br. The maximum Gasteiger partial charge on any atom is 0.266 e. The number of carbonyl (C=O) groups is 1. The van der Waals surface area contributed by atoms with Gasteiger partial charge in [0.1, 0.15) is 10.6 Å². The van der Waals surface area contributed by atoms with Crippen molar-refractivity contribution in [2.75, 3.05) is 44.9 Å². The zero-order chi connectivity index (χ0) is 35.9. The topological polar surface area (TPSA) is 110 Å². The number of aryl methyl sites for hydroxylation is 1. The molecule has 4 aromatic rings. The average Bonchev–Trinajstić information content (AvgIpc) is 3.10. The van der Waals surface area contributed by atoms with Crippen LogP contribution >= 0.6 is 27.3 Å². The van der Waals surface area contributed by atoms with E-state index < -0.39 is 5.91 Å². The van der Waals surface area contributed by atoms with Gasteiger partial charge in [-0.1, -0.05) is 30.4 Å². The molecule has 268 valence electrons. The van der Waals surface area contributed by atoms with E-state index in [2.05, 4.69) is 21.2 Å². The Bertz CT molecular complexity index is 1860. The van der Waals surface area contributed by atoms with E-state index in [1.165, 1.54) is 17.4 Å². The van der Waals surface area contributed by atoms with Crippen molar-refractivity contribution in [3.8, 4) is 28.7 Å². The van der Waals surface area contributed by atoms with Crippen LogP contribution < -0.4 is 39.4 Å². The first kappa shape index (κ1) is 38.5. The smallest absolute Gasteiger partial charge is 0.266 e. The third-order valence-corrected chi connectivity index (χ3v) is 8.99. The molecule has 1 amide bonds. The van der Waals surface area contributed by atoms with Crippen molar-refractivity contribution >= 4 is 38.9 Å². The molecular weight excluding hydrogens is 722 g/mol. The third-order valence-electron chi connectivity index (χ3n) is 7.32. The van der Waals surface area contributed by atoms with Crippen molar-refractivity contribution < 1.29 is 28.5 Å². The van der Waals surface area contributed by atoms with E-state index in [-0.39, 0.29) is 10.4 Å². The average molecular weight is 769 g/mol. The number of carbonyl (C=O) groups excluding carboxylic acids is 1. The van der Waals surface area contributed by atoms with Gasteiger partial charge in [0.25, 0.3) is 11.5 Å². The number of halogens is 1. The molecule has 0 aliphatic rings. The number of anilines is 1. The highest BCUT2D eigenvalue weighted by molar-refractivity contribution is 9.10. The fourth-order valence-electron chi connectivity index (χ4n) is 5.03. The summed E-state index contributed by atoms with van der Waals surface area (Å²) < 4.78 is 31.1. The lowest BCUT2D eigenvalue weighted by Gasteiger charge is -2.13. The molecule has 0 aliphatic carbocycles. The Morgan fingerprint density at radius 3 is 1.90 bits per heavy atom. The molecule has 50 heavy (non-hydrogen) atoms. The first-order chi connectivity index (χ1) is 24.3.